The highest BCUT2D eigenvalue weighted by Crippen LogP contribution is 2.23. The van der Waals surface area contributed by atoms with Crippen molar-refractivity contribution in [2.45, 2.75) is 13.5 Å². The molecule has 0 spiro atoms. The number of benzene rings is 1. The Kier molecular flexibility index (Phi) is 3.99. The van der Waals surface area contributed by atoms with Crippen LogP contribution < -0.4 is 4.87 Å². The molecule has 100 valence electrons. The summed E-state index contributed by atoms with van der Waals surface area (Å²) in [5.74, 6) is -1.09. The van der Waals surface area contributed by atoms with Crippen molar-refractivity contribution in [3.05, 3.63) is 54.0 Å². The average Bonchev–Trinajstić information content (AvgIpc) is 2.62. The number of rotatable bonds is 3. The summed E-state index contributed by atoms with van der Waals surface area (Å²) in [6, 6.07) is 5.05. The molecule has 0 unspecified atom stereocenters. The maximum atomic E-state index is 11.8. The van der Waals surface area contributed by atoms with E-state index in [1.807, 2.05) is 0 Å². The molecule has 0 aliphatic carbocycles. The van der Waals surface area contributed by atoms with Gasteiger partial charge in [0.25, 0.3) is 0 Å². The SMILES string of the molecule is Cc1c(C(=O)O)sc(=O)n1Cc1ccc(Cl)c(Cl)c1. The van der Waals surface area contributed by atoms with E-state index in [0.29, 0.717) is 15.7 Å². The van der Waals surface area contributed by atoms with Crippen LogP contribution in [0.2, 0.25) is 10.0 Å². The molecule has 7 heteroatoms. The molecular formula is C12H9Cl2NO3S. The van der Waals surface area contributed by atoms with Crippen LogP contribution in [0.3, 0.4) is 0 Å². The largest absolute Gasteiger partial charge is 0.477 e. The first-order valence-electron chi connectivity index (χ1n) is 5.27. The molecule has 0 amide bonds. The number of nitrogens with zero attached hydrogens (tertiary/aromatic N) is 1. The Morgan fingerprint density at radius 1 is 1.37 bits per heavy atom. The van der Waals surface area contributed by atoms with Crippen molar-refractivity contribution in [3.63, 3.8) is 0 Å². The van der Waals surface area contributed by atoms with E-state index in [0.717, 1.165) is 16.9 Å². The lowest BCUT2D eigenvalue weighted by Crippen LogP contribution is -2.15. The van der Waals surface area contributed by atoms with Gasteiger partial charge in [-0.05, 0) is 24.6 Å². The van der Waals surface area contributed by atoms with Crippen molar-refractivity contribution < 1.29 is 9.90 Å². The van der Waals surface area contributed by atoms with Crippen LogP contribution in [-0.2, 0) is 6.54 Å². The van der Waals surface area contributed by atoms with Gasteiger partial charge in [-0.3, -0.25) is 9.36 Å². The second-order valence-electron chi connectivity index (χ2n) is 3.92. The fraction of sp³-hybridized carbons (Fsp3) is 0.167. The third-order valence-electron chi connectivity index (χ3n) is 2.66. The number of hydrogen-bond donors (Lipinski definition) is 1. The molecule has 0 bridgehead atoms. The maximum Gasteiger partial charge on any atom is 0.347 e. The number of aromatic nitrogens is 1. The predicted molar refractivity (Wildman–Crippen MR) is 75.8 cm³/mol. The van der Waals surface area contributed by atoms with Crippen molar-refractivity contribution in [3.8, 4) is 0 Å². The number of aromatic carboxylic acids is 1. The van der Waals surface area contributed by atoms with Crippen LogP contribution in [0.5, 0.6) is 0 Å². The van der Waals surface area contributed by atoms with E-state index >= 15 is 0 Å². The van der Waals surface area contributed by atoms with Gasteiger partial charge in [0.15, 0.2) is 0 Å². The van der Waals surface area contributed by atoms with Gasteiger partial charge in [0.05, 0.1) is 16.6 Å². The lowest BCUT2D eigenvalue weighted by Gasteiger charge is -2.06. The Labute approximate surface area is 122 Å². The van der Waals surface area contributed by atoms with Crippen LogP contribution >= 0.6 is 34.5 Å². The molecule has 2 aromatic rings. The zero-order valence-electron chi connectivity index (χ0n) is 9.81. The predicted octanol–water partition coefficient (Wildman–Crippen LogP) is 3.27. The van der Waals surface area contributed by atoms with E-state index < -0.39 is 5.97 Å². The zero-order valence-corrected chi connectivity index (χ0v) is 12.1. The average molecular weight is 318 g/mol. The molecule has 0 fully saturated rings. The van der Waals surface area contributed by atoms with Gasteiger partial charge in [-0.15, -0.1) is 0 Å². The Balaban J connectivity index is 2.41. The molecule has 0 saturated heterocycles. The zero-order chi connectivity index (χ0) is 14.2. The molecule has 19 heavy (non-hydrogen) atoms. The molecule has 1 aromatic carbocycles. The Morgan fingerprint density at radius 3 is 2.58 bits per heavy atom. The molecule has 0 radical (unpaired) electrons. The van der Waals surface area contributed by atoms with Crippen LogP contribution in [0.25, 0.3) is 0 Å². The van der Waals surface area contributed by atoms with E-state index in [4.69, 9.17) is 28.3 Å². The van der Waals surface area contributed by atoms with Crippen molar-refractivity contribution in [1.29, 1.82) is 0 Å². The van der Waals surface area contributed by atoms with E-state index in [1.165, 1.54) is 4.57 Å². The van der Waals surface area contributed by atoms with Gasteiger partial charge < -0.3 is 5.11 Å². The van der Waals surface area contributed by atoms with E-state index in [1.54, 1.807) is 25.1 Å². The first-order chi connectivity index (χ1) is 8.90. The first kappa shape index (κ1) is 14.1. The highest BCUT2D eigenvalue weighted by atomic mass is 35.5. The Bertz CT molecular complexity index is 705. The van der Waals surface area contributed by atoms with Crippen LogP contribution in [0.1, 0.15) is 20.9 Å². The highest BCUT2D eigenvalue weighted by Gasteiger charge is 2.16. The first-order valence-corrected chi connectivity index (χ1v) is 6.85. The minimum absolute atomic E-state index is 0.0602. The lowest BCUT2D eigenvalue weighted by atomic mass is 10.2. The lowest BCUT2D eigenvalue weighted by molar-refractivity contribution is 0.0701. The number of halogens is 2. The van der Waals surface area contributed by atoms with Crippen molar-refractivity contribution in [2.75, 3.05) is 0 Å². The summed E-state index contributed by atoms with van der Waals surface area (Å²) < 4.78 is 1.41. The Morgan fingerprint density at radius 2 is 2.05 bits per heavy atom. The van der Waals surface area contributed by atoms with Crippen molar-refractivity contribution in [1.82, 2.24) is 4.57 Å². The number of hydrogen-bond acceptors (Lipinski definition) is 3. The molecule has 0 atom stereocenters. The molecule has 1 heterocycles. The minimum atomic E-state index is -1.09. The fourth-order valence-corrected chi connectivity index (χ4v) is 2.83. The van der Waals surface area contributed by atoms with Gasteiger partial charge in [-0.1, -0.05) is 40.6 Å². The smallest absolute Gasteiger partial charge is 0.347 e. The fourth-order valence-electron chi connectivity index (χ4n) is 1.68. The van der Waals surface area contributed by atoms with Gasteiger partial charge in [0.1, 0.15) is 4.88 Å². The quantitative estimate of drug-likeness (QED) is 0.945. The number of thiazole rings is 1. The number of carboxylic acid groups (broad SMARTS) is 1. The van der Waals surface area contributed by atoms with E-state index in [-0.39, 0.29) is 16.3 Å². The summed E-state index contributed by atoms with van der Waals surface area (Å²) in [4.78, 5) is 22.5. The van der Waals surface area contributed by atoms with Crippen LogP contribution in [0.15, 0.2) is 23.0 Å². The van der Waals surface area contributed by atoms with Crippen molar-refractivity contribution >= 4 is 40.5 Å². The second kappa shape index (κ2) is 5.36. The monoisotopic (exact) mass is 317 g/mol. The summed E-state index contributed by atoms with van der Waals surface area (Å²) in [5.41, 5.74) is 1.22. The topological polar surface area (TPSA) is 59.3 Å². The van der Waals surface area contributed by atoms with Crippen LogP contribution in [0, 0.1) is 6.92 Å². The maximum absolute atomic E-state index is 11.8. The highest BCUT2D eigenvalue weighted by molar-refractivity contribution is 7.11. The van der Waals surface area contributed by atoms with Crippen LogP contribution in [0.4, 0.5) is 0 Å². The Hall–Kier alpha value is -1.30. The standard InChI is InChI=1S/C12H9Cl2NO3S/c1-6-10(11(16)17)19-12(18)15(6)5-7-2-3-8(13)9(14)4-7/h2-4H,5H2,1H3,(H,16,17). The summed E-state index contributed by atoms with van der Waals surface area (Å²) in [6.45, 7) is 1.88. The number of carbonyl (C=O) groups is 1. The van der Waals surface area contributed by atoms with E-state index in [2.05, 4.69) is 0 Å². The summed E-state index contributed by atoms with van der Waals surface area (Å²) in [5, 5.41) is 9.81. The molecule has 1 aromatic heterocycles. The van der Waals surface area contributed by atoms with Crippen molar-refractivity contribution in [2.24, 2.45) is 0 Å². The molecule has 0 saturated carbocycles. The van der Waals surface area contributed by atoms with Gasteiger partial charge in [0.2, 0.25) is 0 Å². The molecule has 2 rings (SSSR count). The summed E-state index contributed by atoms with van der Waals surface area (Å²) in [7, 11) is 0. The third kappa shape index (κ3) is 2.83. The van der Waals surface area contributed by atoms with Gasteiger partial charge in [-0.25, -0.2) is 4.79 Å². The van der Waals surface area contributed by atoms with Crippen LogP contribution in [-0.4, -0.2) is 15.6 Å². The minimum Gasteiger partial charge on any atom is -0.477 e. The van der Waals surface area contributed by atoms with Gasteiger partial charge in [0, 0.05) is 5.69 Å². The second-order valence-corrected chi connectivity index (χ2v) is 5.70. The number of carboxylic acids is 1. The third-order valence-corrected chi connectivity index (χ3v) is 4.47. The normalized spacial score (nSPS) is 10.7. The summed E-state index contributed by atoms with van der Waals surface area (Å²) >= 11 is 12.4. The summed E-state index contributed by atoms with van der Waals surface area (Å²) in [6.07, 6.45) is 0. The van der Waals surface area contributed by atoms with E-state index in [9.17, 15) is 9.59 Å². The molecule has 1 N–H and O–H groups in total. The van der Waals surface area contributed by atoms with Gasteiger partial charge in [-0.2, -0.15) is 0 Å². The molecule has 0 aliphatic heterocycles. The van der Waals surface area contributed by atoms with Gasteiger partial charge >= 0.3 is 10.8 Å². The molecular weight excluding hydrogens is 309 g/mol. The molecule has 4 nitrogen and oxygen atoms in total. The molecule has 0 aliphatic rings.